The van der Waals surface area contributed by atoms with Crippen molar-refractivity contribution < 1.29 is 14.1 Å². The van der Waals surface area contributed by atoms with E-state index in [0.29, 0.717) is 5.76 Å². The smallest absolute Gasteiger partial charge is 0.360 e. The molecule has 7 heteroatoms. The number of carbonyl (C=O) groups is 1. The standard InChI is InChI=1S/C6H6N4O3/c1-12-6(11)5-2-4(13-9-5)3-8-10-7/h2H,3H2,1H3. The van der Waals surface area contributed by atoms with Gasteiger partial charge in [0.05, 0.1) is 13.7 Å². The van der Waals surface area contributed by atoms with Crippen LogP contribution in [0.3, 0.4) is 0 Å². The third kappa shape index (κ3) is 2.21. The SMILES string of the molecule is COC(=O)c1cc(CN=[N+]=[N-])on1. The molecule has 0 aliphatic rings. The van der Waals surface area contributed by atoms with Gasteiger partial charge in [-0.15, -0.1) is 0 Å². The van der Waals surface area contributed by atoms with Crippen molar-refractivity contribution in [3.8, 4) is 0 Å². The molecule has 1 rings (SSSR count). The molecule has 1 heterocycles. The summed E-state index contributed by atoms with van der Waals surface area (Å²) in [5, 5.41) is 6.64. The molecule has 1 aromatic heterocycles. The van der Waals surface area contributed by atoms with Crippen molar-refractivity contribution in [1.29, 1.82) is 0 Å². The van der Waals surface area contributed by atoms with E-state index in [0.717, 1.165) is 0 Å². The molecular weight excluding hydrogens is 176 g/mol. The van der Waals surface area contributed by atoms with Gasteiger partial charge in [0.15, 0.2) is 5.69 Å². The van der Waals surface area contributed by atoms with Gasteiger partial charge in [-0.3, -0.25) is 0 Å². The van der Waals surface area contributed by atoms with Gasteiger partial charge >= 0.3 is 5.97 Å². The van der Waals surface area contributed by atoms with Crippen molar-refractivity contribution in [2.45, 2.75) is 6.54 Å². The number of aromatic nitrogens is 1. The highest BCUT2D eigenvalue weighted by Gasteiger charge is 2.11. The number of methoxy groups -OCH3 is 1. The zero-order chi connectivity index (χ0) is 9.68. The van der Waals surface area contributed by atoms with E-state index in [-0.39, 0.29) is 12.2 Å². The summed E-state index contributed by atoms with van der Waals surface area (Å²) in [6, 6.07) is 1.36. The minimum Gasteiger partial charge on any atom is -0.464 e. The van der Waals surface area contributed by atoms with Crippen LogP contribution in [0.1, 0.15) is 16.2 Å². The number of esters is 1. The molecular formula is C6H6N4O3. The Morgan fingerprint density at radius 3 is 3.31 bits per heavy atom. The fourth-order valence-electron chi connectivity index (χ4n) is 0.690. The minimum atomic E-state index is -0.587. The lowest BCUT2D eigenvalue weighted by molar-refractivity contribution is 0.0589. The Balaban J connectivity index is 2.74. The number of rotatable bonds is 3. The average Bonchev–Trinajstić information content (AvgIpc) is 2.62. The maximum Gasteiger partial charge on any atom is 0.360 e. The van der Waals surface area contributed by atoms with Crippen LogP contribution in [0.2, 0.25) is 0 Å². The quantitative estimate of drug-likeness (QED) is 0.304. The molecule has 0 N–H and O–H groups in total. The zero-order valence-electron chi connectivity index (χ0n) is 6.80. The monoisotopic (exact) mass is 182 g/mol. The van der Waals surface area contributed by atoms with E-state index < -0.39 is 5.97 Å². The molecule has 1 aromatic rings. The first kappa shape index (κ1) is 9.08. The van der Waals surface area contributed by atoms with Gasteiger partial charge in [0.1, 0.15) is 5.76 Å². The topological polar surface area (TPSA) is 101 Å². The predicted molar refractivity (Wildman–Crippen MR) is 40.7 cm³/mol. The Hall–Kier alpha value is -2.01. The maximum atomic E-state index is 10.9. The second-order valence-corrected chi connectivity index (χ2v) is 2.06. The Morgan fingerprint density at radius 1 is 1.92 bits per heavy atom. The average molecular weight is 182 g/mol. The molecule has 0 atom stereocenters. The third-order valence-electron chi connectivity index (χ3n) is 1.24. The Morgan fingerprint density at radius 2 is 2.69 bits per heavy atom. The minimum absolute atomic E-state index is 0.0283. The first-order chi connectivity index (χ1) is 6.27. The number of ether oxygens (including phenoxy) is 1. The molecule has 0 spiro atoms. The molecule has 7 nitrogen and oxygen atoms in total. The van der Waals surface area contributed by atoms with E-state index >= 15 is 0 Å². The van der Waals surface area contributed by atoms with Crippen LogP contribution >= 0.6 is 0 Å². The fourth-order valence-corrected chi connectivity index (χ4v) is 0.690. The molecule has 0 saturated carbocycles. The predicted octanol–water partition coefficient (Wildman–Crippen LogP) is 1.27. The molecule has 0 aliphatic heterocycles. The lowest BCUT2D eigenvalue weighted by Crippen LogP contribution is -2.00. The number of nitrogens with zero attached hydrogens (tertiary/aromatic N) is 4. The molecule has 68 valence electrons. The first-order valence-electron chi connectivity index (χ1n) is 3.32. The van der Waals surface area contributed by atoms with E-state index in [9.17, 15) is 4.79 Å². The van der Waals surface area contributed by atoms with E-state index in [2.05, 4.69) is 24.4 Å². The highest BCUT2D eigenvalue weighted by Crippen LogP contribution is 2.05. The molecule has 0 amide bonds. The molecule has 0 bridgehead atoms. The van der Waals surface area contributed by atoms with Crippen molar-refractivity contribution in [2.75, 3.05) is 7.11 Å². The van der Waals surface area contributed by atoms with Crippen molar-refractivity contribution in [3.63, 3.8) is 0 Å². The Bertz CT molecular complexity index is 353. The summed E-state index contributed by atoms with van der Waals surface area (Å²) < 4.78 is 9.06. The summed E-state index contributed by atoms with van der Waals surface area (Å²) in [7, 11) is 1.24. The van der Waals surface area contributed by atoms with E-state index in [1.54, 1.807) is 0 Å². The van der Waals surface area contributed by atoms with Crippen LogP contribution in [0, 0.1) is 0 Å². The van der Waals surface area contributed by atoms with Gasteiger partial charge in [0.25, 0.3) is 0 Å². The van der Waals surface area contributed by atoms with Crippen LogP contribution in [0.25, 0.3) is 10.4 Å². The van der Waals surface area contributed by atoms with Crippen LogP contribution in [0.5, 0.6) is 0 Å². The van der Waals surface area contributed by atoms with Crippen molar-refractivity contribution in [3.05, 3.63) is 28.0 Å². The molecule has 0 saturated heterocycles. The van der Waals surface area contributed by atoms with Crippen molar-refractivity contribution in [2.24, 2.45) is 5.11 Å². The lowest BCUT2D eigenvalue weighted by Gasteiger charge is -1.88. The maximum absolute atomic E-state index is 10.9. The number of azide groups is 1. The number of carbonyl (C=O) groups excluding carboxylic acids is 1. The van der Waals surface area contributed by atoms with Crippen LogP contribution in [0.4, 0.5) is 0 Å². The number of hydrogen-bond donors (Lipinski definition) is 0. The van der Waals surface area contributed by atoms with Gasteiger partial charge in [-0.05, 0) is 5.53 Å². The summed E-state index contributed by atoms with van der Waals surface area (Å²) in [6.07, 6.45) is 0. The van der Waals surface area contributed by atoms with Gasteiger partial charge in [0.2, 0.25) is 0 Å². The van der Waals surface area contributed by atoms with Gasteiger partial charge in [-0.2, -0.15) is 0 Å². The van der Waals surface area contributed by atoms with Gasteiger partial charge in [-0.25, -0.2) is 4.79 Å². The molecule has 0 unspecified atom stereocenters. The van der Waals surface area contributed by atoms with E-state index in [4.69, 9.17) is 5.53 Å². The van der Waals surface area contributed by atoms with E-state index in [1.165, 1.54) is 13.2 Å². The van der Waals surface area contributed by atoms with Crippen LogP contribution in [-0.4, -0.2) is 18.2 Å². The largest absolute Gasteiger partial charge is 0.464 e. The second kappa shape index (κ2) is 4.13. The van der Waals surface area contributed by atoms with Gasteiger partial charge in [-0.1, -0.05) is 10.3 Å². The third-order valence-corrected chi connectivity index (χ3v) is 1.24. The van der Waals surface area contributed by atoms with Crippen molar-refractivity contribution in [1.82, 2.24) is 5.16 Å². The molecule has 0 aliphatic carbocycles. The molecule has 0 fully saturated rings. The van der Waals surface area contributed by atoms with Crippen LogP contribution in [-0.2, 0) is 11.3 Å². The summed E-state index contributed by atoms with van der Waals surface area (Å²) in [6.45, 7) is 0.0283. The van der Waals surface area contributed by atoms with Crippen molar-refractivity contribution >= 4 is 5.97 Å². The van der Waals surface area contributed by atoms with Gasteiger partial charge in [0, 0.05) is 11.0 Å². The lowest BCUT2D eigenvalue weighted by atomic mass is 10.4. The van der Waals surface area contributed by atoms with Gasteiger partial charge < -0.3 is 9.26 Å². The zero-order valence-corrected chi connectivity index (χ0v) is 6.80. The normalized spacial score (nSPS) is 9.00. The summed E-state index contributed by atoms with van der Waals surface area (Å²) in [5.74, 6) is -0.269. The Labute approximate surface area is 72.9 Å². The highest BCUT2D eigenvalue weighted by molar-refractivity contribution is 5.86. The summed E-state index contributed by atoms with van der Waals surface area (Å²) in [4.78, 5) is 13.4. The second-order valence-electron chi connectivity index (χ2n) is 2.06. The van der Waals surface area contributed by atoms with Crippen LogP contribution in [0.15, 0.2) is 15.7 Å². The first-order valence-corrected chi connectivity index (χ1v) is 3.32. The highest BCUT2D eigenvalue weighted by atomic mass is 16.5. The fraction of sp³-hybridized carbons (Fsp3) is 0.333. The summed E-state index contributed by atoms with van der Waals surface area (Å²) in [5.41, 5.74) is 8.06. The Kier molecular flexibility index (Phi) is 2.88. The molecule has 0 aromatic carbocycles. The van der Waals surface area contributed by atoms with E-state index in [1.807, 2.05) is 0 Å². The summed E-state index contributed by atoms with van der Waals surface area (Å²) >= 11 is 0. The molecule has 13 heavy (non-hydrogen) atoms. The number of hydrogen-bond acceptors (Lipinski definition) is 5. The van der Waals surface area contributed by atoms with Crippen LogP contribution < -0.4 is 0 Å². The molecule has 0 radical (unpaired) electrons.